The number of nitrogen functional groups attached to an aromatic ring is 1. The van der Waals surface area contributed by atoms with Gasteiger partial charge < -0.3 is 15.8 Å². The number of ether oxygens (including phenoxy) is 1. The lowest BCUT2D eigenvalue weighted by atomic mass is 10.0. The molecule has 0 saturated heterocycles. The largest absolute Gasteiger partial charge is 0.465 e. The molecule has 5 nitrogen and oxygen atoms in total. The van der Waals surface area contributed by atoms with Gasteiger partial charge in [0, 0.05) is 12.7 Å². The normalized spacial score (nSPS) is 11.7. The molecule has 0 bridgehead atoms. The molecule has 1 atom stereocenters. The number of aromatic nitrogens is 1. The Morgan fingerprint density at radius 1 is 1.33 bits per heavy atom. The number of benzene rings is 1. The molecule has 0 amide bonds. The van der Waals surface area contributed by atoms with E-state index in [1.165, 1.54) is 18.9 Å². The standard InChI is InChI=1S/C16H19N3O2/c1-11(12-6-4-3-5-7-12)10-19-15-14(17)13(8-9-18-15)16(20)21-2/h3-9,11H,10,17H2,1-2H3,(H,18,19). The van der Waals surface area contributed by atoms with Gasteiger partial charge in [-0.15, -0.1) is 0 Å². The molecule has 1 heterocycles. The van der Waals surface area contributed by atoms with Crippen LogP contribution in [-0.2, 0) is 4.74 Å². The lowest BCUT2D eigenvalue weighted by Gasteiger charge is -2.15. The molecule has 3 N–H and O–H groups in total. The molecule has 0 aliphatic rings. The molecule has 2 aromatic rings. The first-order chi connectivity index (χ1) is 10.1. The van der Waals surface area contributed by atoms with Crippen molar-refractivity contribution < 1.29 is 9.53 Å². The summed E-state index contributed by atoms with van der Waals surface area (Å²) in [5.41, 5.74) is 7.82. The molecule has 2 rings (SSSR count). The molecule has 0 fully saturated rings. The number of nitrogens with one attached hydrogen (secondary N) is 1. The highest BCUT2D eigenvalue weighted by Gasteiger charge is 2.14. The smallest absolute Gasteiger partial charge is 0.340 e. The number of anilines is 2. The molecule has 0 aliphatic heterocycles. The van der Waals surface area contributed by atoms with E-state index in [0.717, 1.165) is 0 Å². The number of hydrogen-bond acceptors (Lipinski definition) is 5. The van der Waals surface area contributed by atoms with E-state index >= 15 is 0 Å². The molecule has 21 heavy (non-hydrogen) atoms. The van der Waals surface area contributed by atoms with Crippen LogP contribution in [0.5, 0.6) is 0 Å². The average molecular weight is 285 g/mol. The maximum atomic E-state index is 11.6. The summed E-state index contributed by atoms with van der Waals surface area (Å²) in [5.74, 6) is 0.337. The zero-order chi connectivity index (χ0) is 15.2. The van der Waals surface area contributed by atoms with Crippen molar-refractivity contribution in [1.82, 2.24) is 4.98 Å². The first-order valence-electron chi connectivity index (χ1n) is 6.75. The van der Waals surface area contributed by atoms with Gasteiger partial charge in [0.1, 0.15) is 5.82 Å². The van der Waals surface area contributed by atoms with Crippen LogP contribution in [0.4, 0.5) is 11.5 Å². The quantitative estimate of drug-likeness (QED) is 0.826. The number of pyridine rings is 1. The van der Waals surface area contributed by atoms with Crippen LogP contribution in [-0.4, -0.2) is 24.6 Å². The Morgan fingerprint density at radius 2 is 2.05 bits per heavy atom. The van der Waals surface area contributed by atoms with Gasteiger partial charge in [0.2, 0.25) is 0 Å². The van der Waals surface area contributed by atoms with Crippen molar-refractivity contribution in [2.75, 3.05) is 24.7 Å². The van der Waals surface area contributed by atoms with E-state index < -0.39 is 5.97 Å². The van der Waals surface area contributed by atoms with E-state index in [2.05, 4.69) is 29.4 Å². The molecule has 0 aliphatic carbocycles. The lowest BCUT2D eigenvalue weighted by molar-refractivity contribution is 0.0602. The van der Waals surface area contributed by atoms with Crippen molar-refractivity contribution in [3.8, 4) is 0 Å². The molecule has 5 heteroatoms. The van der Waals surface area contributed by atoms with Crippen molar-refractivity contribution in [1.29, 1.82) is 0 Å². The number of hydrogen-bond donors (Lipinski definition) is 2. The lowest BCUT2D eigenvalue weighted by Crippen LogP contribution is -2.14. The van der Waals surface area contributed by atoms with Crippen LogP contribution in [0.15, 0.2) is 42.6 Å². The van der Waals surface area contributed by atoms with Crippen LogP contribution >= 0.6 is 0 Å². The SMILES string of the molecule is COC(=O)c1ccnc(NCC(C)c2ccccc2)c1N. The fourth-order valence-corrected chi connectivity index (χ4v) is 2.05. The number of nitrogens with zero attached hydrogens (tertiary/aromatic N) is 1. The number of esters is 1. The molecule has 110 valence electrons. The van der Waals surface area contributed by atoms with Gasteiger partial charge in [0.15, 0.2) is 0 Å². The van der Waals surface area contributed by atoms with Crippen LogP contribution in [0.25, 0.3) is 0 Å². The van der Waals surface area contributed by atoms with E-state index in [0.29, 0.717) is 29.5 Å². The second kappa shape index (κ2) is 6.74. The van der Waals surface area contributed by atoms with Gasteiger partial charge in [-0.25, -0.2) is 9.78 Å². The van der Waals surface area contributed by atoms with Crippen molar-refractivity contribution in [2.45, 2.75) is 12.8 Å². The molecule has 0 spiro atoms. The van der Waals surface area contributed by atoms with Crippen molar-refractivity contribution >= 4 is 17.5 Å². The Morgan fingerprint density at radius 3 is 2.71 bits per heavy atom. The Hall–Kier alpha value is -2.56. The number of rotatable bonds is 5. The maximum Gasteiger partial charge on any atom is 0.340 e. The first-order valence-corrected chi connectivity index (χ1v) is 6.75. The predicted octanol–water partition coefficient (Wildman–Crippen LogP) is 2.67. The summed E-state index contributed by atoms with van der Waals surface area (Å²) in [6.07, 6.45) is 1.54. The minimum absolute atomic E-state index is 0.300. The third kappa shape index (κ3) is 3.51. The van der Waals surface area contributed by atoms with Crippen LogP contribution in [0, 0.1) is 0 Å². The highest BCUT2D eigenvalue weighted by molar-refractivity contribution is 5.97. The molecule has 0 radical (unpaired) electrons. The van der Waals surface area contributed by atoms with Gasteiger partial charge in [0.05, 0.1) is 18.4 Å². The van der Waals surface area contributed by atoms with E-state index in [4.69, 9.17) is 10.5 Å². The Labute approximate surface area is 124 Å². The topological polar surface area (TPSA) is 77.2 Å². The average Bonchev–Trinajstić information content (AvgIpc) is 2.53. The van der Waals surface area contributed by atoms with Gasteiger partial charge in [-0.1, -0.05) is 37.3 Å². The molecular weight excluding hydrogens is 266 g/mol. The van der Waals surface area contributed by atoms with Gasteiger partial charge in [0.25, 0.3) is 0 Å². The second-order valence-electron chi connectivity index (χ2n) is 4.81. The van der Waals surface area contributed by atoms with Crippen LogP contribution in [0.3, 0.4) is 0 Å². The van der Waals surface area contributed by atoms with E-state index in [-0.39, 0.29) is 0 Å². The number of nitrogens with two attached hydrogens (primary N) is 1. The summed E-state index contributed by atoms with van der Waals surface area (Å²) >= 11 is 0. The van der Waals surface area contributed by atoms with Crippen molar-refractivity contribution in [2.24, 2.45) is 0 Å². The molecule has 1 aromatic carbocycles. The van der Waals surface area contributed by atoms with Crippen LogP contribution in [0.1, 0.15) is 28.8 Å². The summed E-state index contributed by atoms with van der Waals surface area (Å²) in [7, 11) is 1.33. The van der Waals surface area contributed by atoms with E-state index in [1.807, 2.05) is 18.2 Å². The molecule has 1 aromatic heterocycles. The summed E-state index contributed by atoms with van der Waals surface area (Å²) in [5, 5.41) is 3.19. The van der Waals surface area contributed by atoms with Crippen molar-refractivity contribution in [3.63, 3.8) is 0 Å². The fraction of sp³-hybridized carbons (Fsp3) is 0.250. The number of carbonyl (C=O) groups is 1. The Kier molecular flexibility index (Phi) is 4.77. The van der Waals surface area contributed by atoms with E-state index in [1.54, 1.807) is 6.07 Å². The molecule has 0 saturated carbocycles. The summed E-state index contributed by atoms with van der Waals surface area (Å²) in [4.78, 5) is 15.8. The third-order valence-electron chi connectivity index (χ3n) is 3.34. The van der Waals surface area contributed by atoms with E-state index in [9.17, 15) is 4.79 Å². The maximum absolute atomic E-state index is 11.6. The minimum atomic E-state index is -0.464. The van der Waals surface area contributed by atoms with Crippen molar-refractivity contribution in [3.05, 3.63) is 53.7 Å². The highest BCUT2D eigenvalue weighted by atomic mass is 16.5. The summed E-state index contributed by atoms with van der Waals surface area (Å²) in [6, 6.07) is 11.7. The Balaban J connectivity index is 2.09. The van der Waals surface area contributed by atoms with Gasteiger partial charge >= 0.3 is 5.97 Å². The predicted molar refractivity (Wildman–Crippen MR) is 83.3 cm³/mol. The number of carbonyl (C=O) groups excluding carboxylic acids is 1. The first kappa shape index (κ1) is 14.8. The zero-order valence-electron chi connectivity index (χ0n) is 12.2. The van der Waals surface area contributed by atoms with Crippen LogP contribution < -0.4 is 11.1 Å². The number of methoxy groups -OCH3 is 1. The monoisotopic (exact) mass is 285 g/mol. The van der Waals surface area contributed by atoms with Crippen LogP contribution in [0.2, 0.25) is 0 Å². The zero-order valence-corrected chi connectivity index (χ0v) is 12.2. The molecule has 1 unspecified atom stereocenters. The second-order valence-corrected chi connectivity index (χ2v) is 4.81. The fourth-order valence-electron chi connectivity index (χ4n) is 2.05. The minimum Gasteiger partial charge on any atom is -0.465 e. The summed E-state index contributed by atoms with van der Waals surface area (Å²) < 4.78 is 4.69. The summed E-state index contributed by atoms with van der Waals surface area (Å²) in [6.45, 7) is 2.79. The van der Waals surface area contributed by atoms with Gasteiger partial charge in [-0.3, -0.25) is 0 Å². The Bertz CT molecular complexity index is 614. The van der Waals surface area contributed by atoms with Gasteiger partial charge in [-0.2, -0.15) is 0 Å². The third-order valence-corrected chi connectivity index (χ3v) is 3.34. The van der Waals surface area contributed by atoms with Gasteiger partial charge in [-0.05, 0) is 17.5 Å². The molecular formula is C16H19N3O2. The highest BCUT2D eigenvalue weighted by Crippen LogP contribution is 2.22.